The molecule has 1 aliphatic rings. The van der Waals surface area contributed by atoms with E-state index in [-0.39, 0.29) is 5.91 Å². The largest absolute Gasteiger partial charge is 0.487 e. The van der Waals surface area contributed by atoms with Crippen molar-refractivity contribution in [1.29, 1.82) is 0 Å². The van der Waals surface area contributed by atoms with Crippen molar-refractivity contribution in [2.45, 2.75) is 23.5 Å². The van der Waals surface area contributed by atoms with E-state index < -0.39 is 5.44 Å². The minimum atomic E-state index is -0.582. The van der Waals surface area contributed by atoms with Crippen molar-refractivity contribution in [3.63, 3.8) is 0 Å². The van der Waals surface area contributed by atoms with Gasteiger partial charge in [-0.1, -0.05) is 60.3 Å². The van der Waals surface area contributed by atoms with Crippen molar-refractivity contribution in [2.75, 3.05) is 5.32 Å². The number of benzene rings is 3. The number of hydrogen-bond donors (Lipinski definition) is 1. The molecular formula is C25H20N2O3S. The molecule has 154 valence electrons. The average Bonchev–Trinajstić information content (AvgIpc) is 2.81. The molecule has 0 spiro atoms. The van der Waals surface area contributed by atoms with Gasteiger partial charge in [-0.15, -0.1) is 0 Å². The molecule has 0 bridgehead atoms. The van der Waals surface area contributed by atoms with Crippen molar-refractivity contribution in [3.8, 4) is 5.75 Å². The van der Waals surface area contributed by atoms with Gasteiger partial charge in [0.15, 0.2) is 5.44 Å². The van der Waals surface area contributed by atoms with Gasteiger partial charge in [-0.2, -0.15) is 0 Å². The van der Waals surface area contributed by atoms with Gasteiger partial charge in [0.2, 0.25) is 0 Å². The summed E-state index contributed by atoms with van der Waals surface area (Å²) in [5.41, 5.74) is 3.01. The van der Waals surface area contributed by atoms with Gasteiger partial charge in [-0.25, -0.2) is 4.98 Å². The molecule has 1 unspecified atom stereocenters. The zero-order chi connectivity index (χ0) is 21.0. The first-order chi connectivity index (χ1) is 15.2. The Kier molecular flexibility index (Phi) is 5.56. The van der Waals surface area contributed by atoms with Crippen molar-refractivity contribution < 1.29 is 14.3 Å². The molecule has 1 N–H and O–H groups in total. The lowest BCUT2D eigenvalue weighted by molar-refractivity contribution is -0.123. The van der Waals surface area contributed by atoms with Crippen LogP contribution in [0.5, 0.6) is 5.75 Å². The second-order valence-electron chi connectivity index (χ2n) is 7.18. The number of carbonyl (C=O) groups is 1. The molecule has 2 heterocycles. The monoisotopic (exact) mass is 428 g/mol. The molecule has 5 rings (SSSR count). The van der Waals surface area contributed by atoms with Gasteiger partial charge in [-0.05, 0) is 42.0 Å². The van der Waals surface area contributed by atoms with Crippen LogP contribution in [0.15, 0.2) is 89.8 Å². The number of pyridine rings is 1. The number of fused-ring (bicyclic) bond motifs is 2. The number of nitrogens with zero attached hydrogens (tertiary/aromatic N) is 1. The van der Waals surface area contributed by atoms with Gasteiger partial charge in [-0.3, -0.25) is 4.79 Å². The average molecular weight is 429 g/mol. The summed E-state index contributed by atoms with van der Waals surface area (Å²) in [6.45, 7) is 0.700. The molecule has 6 heteroatoms. The number of carbonyl (C=O) groups excluding carboxylic acids is 1. The SMILES string of the molecule is O=C1Nc2ccccc2SC1OCc1cccc(OCc2ccc3ccccc3n2)c1. The van der Waals surface area contributed by atoms with Crippen LogP contribution in [0.25, 0.3) is 10.9 Å². The van der Waals surface area contributed by atoms with E-state index in [1.165, 1.54) is 11.8 Å². The third-order valence-corrected chi connectivity index (χ3v) is 6.11. The number of thioether (sulfide) groups is 1. The first-order valence-electron chi connectivity index (χ1n) is 9.99. The summed E-state index contributed by atoms with van der Waals surface area (Å²) in [5, 5.41) is 4.00. The molecule has 3 aromatic carbocycles. The van der Waals surface area contributed by atoms with Crippen LogP contribution in [0.3, 0.4) is 0 Å². The number of anilines is 1. The molecule has 1 atom stereocenters. The molecule has 4 aromatic rings. The van der Waals surface area contributed by atoms with Crippen LogP contribution >= 0.6 is 11.8 Å². The number of aromatic nitrogens is 1. The molecule has 0 saturated heterocycles. The number of rotatable bonds is 6. The van der Waals surface area contributed by atoms with Crippen LogP contribution in [-0.2, 0) is 22.7 Å². The summed E-state index contributed by atoms with van der Waals surface area (Å²) < 4.78 is 11.8. The zero-order valence-corrected chi connectivity index (χ0v) is 17.5. The van der Waals surface area contributed by atoms with Gasteiger partial charge >= 0.3 is 0 Å². The van der Waals surface area contributed by atoms with Crippen molar-refractivity contribution in [1.82, 2.24) is 4.98 Å². The highest BCUT2D eigenvalue weighted by molar-refractivity contribution is 8.00. The summed E-state index contributed by atoms with van der Waals surface area (Å²) in [6.07, 6.45) is 0. The van der Waals surface area contributed by atoms with E-state index in [0.717, 1.165) is 38.5 Å². The summed E-state index contributed by atoms with van der Waals surface area (Å²) in [5.74, 6) is 0.598. The van der Waals surface area contributed by atoms with E-state index in [0.29, 0.717) is 13.2 Å². The lowest BCUT2D eigenvalue weighted by atomic mass is 10.2. The minimum Gasteiger partial charge on any atom is -0.487 e. The van der Waals surface area contributed by atoms with Crippen LogP contribution < -0.4 is 10.1 Å². The Bertz CT molecular complexity index is 1240. The van der Waals surface area contributed by atoms with Crippen LogP contribution in [0.1, 0.15) is 11.3 Å². The summed E-state index contributed by atoms with van der Waals surface area (Å²) in [4.78, 5) is 18.0. The van der Waals surface area contributed by atoms with E-state index in [9.17, 15) is 4.79 Å². The topological polar surface area (TPSA) is 60.5 Å². The summed E-state index contributed by atoms with van der Waals surface area (Å²) in [6, 6.07) is 27.5. The molecule has 1 amide bonds. The Morgan fingerprint density at radius 2 is 1.77 bits per heavy atom. The van der Waals surface area contributed by atoms with Crippen LogP contribution in [0, 0.1) is 0 Å². The molecular weight excluding hydrogens is 408 g/mol. The van der Waals surface area contributed by atoms with Crippen molar-refractivity contribution in [3.05, 3.63) is 96.2 Å². The highest BCUT2D eigenvalue weighted by Crippen LogP contribution is 2.36. The fourth-order valence-corrected chi connectivity index (χ4v) is 4.32. The van der Waals surface area contributed by atoms with Gasteiger partial charge in [0.05, 0.1) is 23.5 Å². The van der Waals surface area contributed by atoms with E-state index in [1.54, 1.807) is 0 Å². The fraction of sp³-hybridized carbons (Fsp3) is 0.120. The maximum atomic E-state index is 12.3. The van der Waals surface area contributed by atoms with E-state index in [1.807, 2.05) is 78.9 Å². The third-order valence-electron chi connectivity index (χ3n) is 4.94. The fourth-order valence-electron chi connectivity index (χ4n) is 3.39. The molecule has 0 aliphatic carbocycles. The highest BCUT2D eigenvalue weighted by atomic mass is 32.2. The van der Waals surface area contributed by atoms with Gasteiger partial charge in [0.25, 0.3) is 5.91 Å². The maximum absolute atomic E-state index is 12.3. The second kappa shape index (κ2) is 8.79. The molecule has 1 aliphatic heterocycles. The van der Waals surface area contributed by atoms with Crippen LogP contribution in [0.4, 0.5) is 5.69 Å². The lowest BCUT2D eigenvalue weighted by Crippen LogP contribution is -2.31. The summed E-state index contributed by atoms with van der Waals surface area (Å²) >= 11 is 1.42. The Balaban J connectivity index is 1.20. The Morgan fingerprint density at radius 1 is 0.903 bits per heavy atom. The first-order valence-corrected chi connectivity index (χ1v) is 10.9. The predicted molar refractivity (Wildman–Crippen MR) is 122 cm³/mol. The Hall–Kier alpha value is -3.35. The first kappa shape index (κ1) is 19.6. The number of para-hydroxylation sites is 2. The highest BCUT2D eigenvalue weighted by Gasteiger charge is 2.27. The molecule has 0 saturated carbocycles. The smallest absolute Gasteiger partial charge is 0.264 e. The molecule has 0 radical (unpaired) electrons. The standard InChI is InChI=1S/C25H20N2O3S/c28-24-25(31-23-11-4-3-10-22(23)27-24)30-15-17-6-5-8-20(14-17)29-16-19-13-12-18-7-1-2-9-21(18)26-19/h1-14,25H,15-16H2,(H,27,28). The van der Waals surface area contributed by atoms with Crippen molar-refractivity contribution in [2.24, 2.45) is 0 Å². The van der Waals surface area contributed by atoms with Crippen LogP contribution in [-0.4, -0.2) is 16.3 Å². The van der Waals surface area contributed by atoms with Gasteiger partial charge < -0.3 is 14.8 Å². The number of ether oxygens (including phenoxy) is 2. The quantitative estimate of drug-likeness (QED) is 0.446. The minimum absolute atomic E-state index is 0.140. The molecule has 31 heavy (non-hydrogen) atoms. The van der Waals surface area contributed by atoms with Crippen molar-refractivity contribution >= 4 is 34.3 Å². The number of hydrogen-bond acceptors (Lipinski definition) is 5. The molecule has 5 nitrogen and oxygen atoms in total. The van der Waals surface area contributed by atoms with Gasteiger partial charge in [0.1, 0.15) is 12.4 Å². The van der Waals surface area contributed by atoms with Crippen LogP contribution in [0.2, 0.25) is 0 Å². The maximum Gasteiger partial charge on any atom is 0.264 e. The number of nitrogens with one attached hydrogen (secondary N) is 1. The van der Waals surface area contributed by atoms with E-state index >= 15 is 0 Å². The normalized spacial score (nSPS) is 15.4. The second-order valence-corrected chi connectivity index (χ2v) is 8.28. The summed E-state index contributed by atoms with van der Waals surface area (Å²) in [7, 11) is 0. The Morgan fingerprint density at radius 3 is 2.74 bits per heavy atom. The molecule has 0 fully saturated rings. The van der Waals surface area contributed by atoms with E-state index in [2.05, 4.69) is 16.4 Å². The zero-order valence-electron chi connectivity index (χ0n) is 16.7. The van der Waals surface area contributed by atoms with Gasteiger partial charge in [0, 0.05) is 10.3 Å². The predicted octanol–water partition coefficient (Wildman–Crippen LogP) is 5.40. The molecule has 1 aromatic heterocycles. The third kappa shape index (κ3) is 4.55. The van der Waals surface area contributed by atoms with E-state index in [4.69, 9.17) is 9.47 Å². The number of amides is 1. The lowest BCUT2D eigenvalue weighted by Gasteiger charge is -2.24. The Labute approximate surface area is 184 Å².